The number of hydrogen-bond donors (Lipinski definition) is 2. The van der Waals surface area contributed by atoms with E-state index in [0.717, 1.165) is 11.6 Å². The lowest BCUT2D eigenvalue weighted by Gasteiger charge is -2.26. The lowest BCUT2D eigenvalue weighted by molar-refractivity contribution is -0.138. The molecule has 1 saturated carbocycles. The molecule has 8 heteroatoms. The summed E-state index contributed by atoms with van der Waals surface area (Å²) in [6.07, 6.45) is 5.87. The van der Waals surface area contributed by atoms with Crippen LogP contribution in [0.5, 0.6) is 0 Å². The van der Waals surface area contributed by atoms with Gasteiger partial charge in [-0.25, -0.2) is 0 Å². The van der Waals surface area contributed by atoms with E-state index in [1.165, 1.54) is 19.3 Å². The number of thioether (sulfide) groups is 1. The zero-order valence-corrected chi connectivity index (χ0v) is 14.6. The van der Waals surface area contributed by atoms with E-state index >= 15 is 0 Å². The summed E-state index contributed by atoms with van der Waals surface area (Å²) in [7, 11) is 0. The van der Waals surface area contributed by atoms with Crippen molar-refractivity contribution in [2.24, 2.45) is 4.99 Å². The van der Waals surface area contributed by atoms with Gasteiger partial charge in [0.05, 0.1) is 12.6 Å². The first-order chi connectivity index (χ1) is 11.6. The number of piperazine rings is 1. The number of amidine groups is 1. The van der Waals surface area contributed by atoms with Crippen LogP contribution < -0.4 is 10.6 Å². The molecule has 0 spiro atoms. The molecule has 132 valence electrons. The fraction of sp³-hybridized carbons (Fsp3) is 0.750. The van der Waals surface area contributed by atoms with Gasteiger partial charge in [-0.3, -0.25) is 19.4 Å². The Morgan fingerprint density at radius 3 is 2.92 bits per heavy atom. The van der Waals surface area contributed by atoms with Crippen molar-refractivity contribution in [1.29, 1.82) is 0 Å². The highest BCUT2D eigenvalue weighted by molar-refractivity contribution is 8.14. The third-order valence-electron chi connectivity index (χ3n) is 4.65. The van der Waals surface area contributed by atoms with Gasteiger partial charge in [0.25, 0.3) is 0 Å². The number of aliphatic imine (C=N–C) groups is 1. The van der Waals surface area contributed by atoms with E-state index in [-0.39, 0.29) is 24.3 Å². The molecule has 3 rings (SSSR count). The number of nitrogens with zero attached hydrogens (tertiary/aromatic N) is 2. The van der Waals surface area contributed by atoms with Crippen LogP contribution in [0, 0.1) is 0 Å². The van der Waals surface area contributed by atoms with Crippen LogP contribution in [0.4, 0.5) is 0 Å². The molecule has 2 aliphatic heterocycles. The standard InChI is InChI=1S/C16H24N4O3S/c21-13(19-16-18-11-4-1-2-5-12(11)24-16)6-3-7-15(23)20-9-8-17-14(22)10-20/h11-12H,1-10H2,(H,17,22)(H,18,19,21)/t11-,12+/m0/s1. The van der Waals surface area contributed by atoms with Gasteiger partial charge in [0.1, 0.15) is 0 Å². The summed E-state index contributed by atoms with van der Waals surface area (Å²) in [5, 5.41) is 6.85. The molecule has 7 nitrogen and oxygen atoms in total. The van der Waals surface area contributed by atoms with Crippen LogP contribution >= 0.6 is 11.8 Å². The molecule has 24 heavy (non-hydrogen) atoms. The lowest BCUT2D eigenvalue weighted by Crippen LogP contribution is -2.49. The second-order valence-electron chi connectivity index (χ2n) is 6.51. The molecule has 0 unspecified atom stereocenters. The number of amides is 3. The van der Waals surface area contributed by atoms with Gasteiger partial charge >= 0.3 is 0 Å². The maximum atomic E-state index is 12.0. The quantitative estimate of drug-likeness (QED) is 0.777. The Hall–Kier alpha value is -1.57. The molecule has 0 aromatic rings. The van der Waals surface area contributed by atoms with Gasteiger partial charge in [0.15, 0.2) is 5.17 Å². The van der Waals surface area contributed by atoms with E-state index in [2.05, 4.69) is 15.6 Å². The Morgan fingerprint density at radius 1 is 1.29 bits per heavy atom. The van der Waals surface area contributed by atoms with Crippen LogP contribution in [0.2, 0.25) is 0 Å². The Morgan fingerprint density at radius 2 is 2.12 bits per heavy atom. The van der Waals surface area contributed by atoms with Crippen molar-refractivity contribution in [2.45, 2.75) is 56.2 Å². The number of carbonyl (C=O) groups is 3. The van der Waals surface area contributed by atoms with E-state index in [1.807, 2.05) is 0 Å². The van der Waals surface area contributed by atoms with Crippen molar-refractivity contribution in [1.82, 2.24) is 15.5 Å². The van der Waals surface area contributed by atoms with Crippen LogP contribution in [0.15, 0.2) is 4.99 Å². The monoisotopic (exact) mass is 352 g/mol. The number of fused-ring (bicyclic) bond motifs is 1. The van der Waals surface area contributed by atoms with Gasteiger partial charge in [0.2, 0.25) is 17.7 Å². The average Bonchev–Trinajstić information content (AvgIpc) is 2.96. The van der Waals surface area contributed by atoms with Crippen molar-refractivity contribution in [3.63, 3.8) is 0 Å². The average molecular weight is 352 g/mol. The van der Waals surface area contributed by atoms with Crippen LogP contribution in [-0.2, 0) is 14.4 Å². The molecule has 2 atom stereocenters. The highest BCUT2D eigenvalue weighted by atomic mass is 32.2. The van der Waals surface area contributed by atoms with Crippen molar-refractivity contribution in [2.75, 3.05) is 19.6 Å². The van der Waals surface area contributed by atoms with Crippen LogP contribution in [0.3, 0.4) is 0 Å². The second kappa shape index (κ2) is 8.00. The molecule has 2 fully saturated rings. The molecule has 0 aromatic heterocycles. The van der Waals surface area contributed by atoms with Crippen LogP contribution in [0.1, 0.15) is 44.9 Å². The van der Waals surface area contributed by atoms with Crippen LogP contribution in [0.25, 0.3) is 0 Å². The lowest BCUT2D eigenvalue weighted by atomic mass is 9.96. The minimum Gasteiger partial charge on any atom is -0.353 e. The van der Waals surface area contributed by atoms with E-state index < -0.39 is 0 Å². The zero-order chi connectivity index (χ0) is 16.9. The topological polar surface area (TPSA) is 90.9 Å². The summed E-state index contributed by atoms with van der Waals surface area (Å²) in [6, 6.07) is 0.367. The predicted molar refractivity (Wildman–Crippen MR) is 92.7 cm³/mol. The number of carbonyl (C=O) groups excluding carboxylic acids is 3. The normalized spacial score (nSPS) is 26.4. The minimum absolute atomic E-state index is 0.0590. The molecule has 2 N–H and O–H groups in total. The Balaban J connectivity index is 1.35. The highest BCUT2D eigenvalue weighted by Crippen LogP contribution is 2.36. The van der Waals surface area contributed by atoms with Gasteiger partial charge in [-0.1, -0.05) is 24.6 Å². The van der Waals surface area contributed by atoms with E-state index in [0.29, 0.717) is 43.6 Å². The smallest absolute Gasteiger partial charge is 0.239 e. The maximum Gasteiger partial charge on any atom is 0.239 e. The molecule has 3 aliphatic rings. The van der Waals surface area contributed by atoms with Crippen molar-refractivity contribution in [3.05, 3.63) is 0 Å². The summed E-state index contributed by atoms with van der Waals surface area (Å²) < 4.78 is 0. The van der Waals surface area contributed by atoms with E-state index in [4.69, 9.17) is 0 Å². The van der Waals surface area contributed by atoms with Crippen molar-refractivity contribution in [3.8, 4) is 0 Å². The SMILES string of the molecule is O=C1CN(C(=O)CCCC(=O)NC2=N[C@H]3CCCC[C@H]3S2)CCN1. The first-order valence-corrected chi connectivity index (χ1v) is 9.58. The van der Waals surface area contributed by atoms with Gasteiger partial charge in [0, 0.05) is 31.2 Å². The summed E-state index contributed by atoms with van der Waals surface area (Å²) in [5.74, 6) is -0.259. The molecule has 0 radical (unpaired) electrons. The van der Waals surface area contributed by atoms with Crippen molar-refractivity contribution >= 4 is 34.7 Å². The highest BCUT2D eigenvalue weighted by Gasteiger charge is 2.32. The summed E-state index contributed by atoms with van der Waals surface area (Å²) in [5.41, 5.74) is 0. The number of nitrogens with one attached hydrogen (secondary N) is 2. The molecule has 1 saturated heterocycles. The fourth-order valence-corrected chi connectivity index (χ4v) is 4.63. The number of rotatable bonds is 4. The van der Waals surface area contributed by atoms with Gasteiger partial charge in [-0.2, -0.15) is 0 Å². The number of hydrogen-bond acceptors (Lipinski definition) is 5. The minimum atomic E-state index is -0.120. The van der Waals surface area contributed by atoms with Gasteiger partial charge in [-0.15, -0.1) is 0 Å². The third-order valence-corrected chi connectivity index (χ3v) is 5.93. The summed E-state index contributed by atoms with van der Waals surface area (Å²) in [4.78, 5) is 41.5. The molecule has 2 heterocycles. The largest absolute Gasteiger partial charge is 0.353 e. The van der Waals surface area contributed by atoms with Gasteiger partial charge in [-0.05, 0) is 19.3 Å². The first-order valence-electron chi connectivity index (χ1n) is 8.70. The molecule has 1 aliphatic carbocycles. The third kappa shape index (κ3) is 4.49. The molecular formula is C16H24N4O3S. The van der Waals surface area contributed by atoms with Crippen molar-refractivity contribution < 1.29 is 14.4 Å². The van der Waals surface area contributed by atoms with Gasteiger partial charge < -0.3 is 15.5 Å². The molecule has 0 aromatic carbocycles. The molecule has 0 bridgehead atoms. The van der Waals surface area contributed by atoms with Crippen LogP contribution in [-0.4, -0.2) is 58.7 Å². The Labute approximate surface area is 146 Å². The van der Waals surface area contributed by atoms with E-state index in [9.17, 15) is 14.4 Å². The zero-order valence-electron chi connectivity index (χ0n) is 13.8. The Bertz CT molecular complexity index is 551. The molecule has 3 amide bonds. The first kappa shape index (κ1) is 17.3. The summed E-state index contributed by atoms with van der Waals surface area (Å²) >= 11 is 1.68. The Kier molecular flexibility index (Phi) is 5.76. The van der Waals surface area contributed by atoms with E-state index in [1.54, 1.807) is 16.7 Å². The molecular weight excluding hydrogens is 328 g/mol. The second-order valence-corrected chi connectivity index (χ2v) is 7.74. The maximum absolute atomic E-state index is 12.0. The summed E-state index contributed by atoms with van der Waals surface area (Å²) in [6.45, 7) is 1.18. The fourth-order valence-electron chi connectivity index (χ4n) is 3.34. The predicted octanol–water partition coefficient (Wildman–Crippen LogP) is 0.645.